The third-order valence-electron chi connectivity index (χ3n) is 2.89. The van der Waals surface area contributed by atoms with Crippen molar-refractivity contribution in [1.82, 2.24) is 9.78 Å². The Morgan fingerprint density at radius 2 is 1.95 bits per heavy atom. The molecule has 0 fully saturated rings. The summed E-state index contributed by atoms with van der Waals surface area (Å²) < 4.78 is 1.61. The summed E-state index contributed by atoms with van der Waals surface area (Å²) in [4.78, 5) is 11.9. The summed E-state index contributed by atoms with van der Waals surface area (Å²) in [7, 11) is 1.78. The van der Waals surface area contributed by atoms with Crippen molar-refractivity contribution in [3.63, 3.8) is 0 Å². The monoisotopic (exact) mass is 258 g/mol. The molecule has 0 atom stereocenters. The summed E-state index contributed by atoms with van der Waals surface area (Å²) in [6.07, 6.45) is 1.64. The molecule has 0 unspecified atom stereocenters. The molecule has 5 heteroatoms. The molecule has 2 N–H and O–H groups in total. The highest BCUT2D eigenvalue weighted by Crippen LogP contribution is 2.23. The number of carbonyl (C=O) groups excluding carboxylic acids is 1. The van der Waals surface area contributed by atoms with Crippen LogP contribution in [0, 0.1) is 0 Å². The minimum Gasteiger partial charge on any atom is -0.307 e. The van der Waals surface area contributed by atoms with Gasteiger partial charge in [-0.25, -0.2) is 4.79 Å². The number of amides is 2. The van der Waals surface area contributed by atoms with Gasteiger partial charge in [0.05, 0.1) is 6.20 Å². The summed E-state index contributed by atoms with van der Waals surface area (Å²) in [5.41, 5.74) is 1.94. The van der Waals surface area contributed by atoms with Crippen LogP contribution in [0.3, 0.4) is 0 Å². The number of hydrogen-bond donors (Lipinski definition) is 2. The van der Waals surface area contributed by atoms with Gasteiger partial charge in [-0.2, -0.15) is 5.10 Å². The van der Waals surface area contributed by atoms with Crippen molar-refractivity contribution in [3.8, 4) is 0 Å². The van der Waals surface area contributed by atoms with E-state index in [-0.39, 0.29) is 6.03 Å². The second kappa shape index (κ2) is 5.56. The number of rotatable bonds is 3. The van der Waals surface area contributed by atoms with Gasteiger partial charge in [-0.3, -0.25) is 10.00 Å². The van der Waals surface area contributed by atoms with Gasteiger partial charge in [0.15, 0.2) is 0 Å². The number of aryl methyl sites for hydroxylation is 1. The fraction of sp³-hybridized carbons (Fsp3) is 0.286. The summed E-state index contributed by atoms with van der Waals surface area (Å²) in [5.74, 6) is 1.01. The highest BCUT2D eigenvalue weighted by molar-refractivity contribution is 5.99. The second-order valence-electron chi connectivity index (χ2n) is 4.66. The van der Waals surface area contributed by atoms with Crippen LogP contribution in [-0.2, 0) is 7.05 Å². The van der Waals surface area contributed by atoms with E-state index in [1.54, 1.807) is 24.0 Å². The predicted molar refractivity (Wildman–Crippen MR) is 76.4 cm³/mol. The predicted octanol–water partition coefficient (Wildman–Crippen LogP) is 3.19. The fourth-order valence-corrected chi connectivity index (χ4v) is 1.88. The van der Waals surface area contributed by atoms with Gasteiger partial charge in [0.25, 0.3) is 0 Å². The summed E-state index contributed by atoms with van der Waals surface area (Å²) in [6, 6.07) is 9.28. The molecule has 2 amide bonds. The maximum absolute atomic E-state index is 11.9. The van der Waals surface area contributed by atoms with Crippen LogP contribution in [0.25, 0.3) is 0 Å². The number of nitrogens with zero attached hydrogens (tertiary/aromatic N) is 2. The number of para-hydroxylation sites is 1. The standard InChI is InChI=1S/C14H18N4O/c1-10(2)11-6-4-5-7-12(11)16-14(19)17-13-8-9-15-18(13)3/h4-10H,1-3H3,(H2,16,17,19). The summed E-state index contributed by atoms with van der Waals surface area (Å²) in [5, 5.41) is 9.62. The smallest absolute Gasteiger partial charge is 0.307 e. The second-order valence-corrected chi connectivity index (χ2v) is 4.66. The highest BCUT2D eigenvalue weighted by Gasteiger charge is 2.10. The van der Waals surface area contributed by atoms with Crippen LogP contribution in [0.1, 0.15) is 25.3 Å². The number of hydrogen-bond acceptors (Lipinski definition) is 2. The summed E-state index contributed by atoms with van der Waals surface area (Å²) >= 11 is 0. The normalized spacial score (nSPS) is 10.5. The van der Waals surface area contributed by atoms with Crippen molar-refractivity contribution in [2.75, 3.05) is 10.6 Å². The van der Waals surface area contributed by atoms with Crippen LogP contribution in [-0.4, -0.2) is 15.8 Å². The average Bonchev–Trinajstić information content (AvgIpc) is 2.75. The Kier molecular flexibility index (Phi) is 3.85. The van der Waals surface area contributed by atoms with Crippen LogP contribution < -0.4 is 10.6 Å². The molecule has 0 spiro atoms. The molecule has 2 aromatic rings. The van der Waals surface area contributed by atoms with E-state index in [9.17, 15) is 4.79 Å². The van der Waals surface area contributed by atoms with E-state index in [0.29, 0.717) is 11.7 Å². The first-order chi connectivity index (χ1) is 9.08. The molecule has 1 heterocycles. The van der Waals surface area contributed by atoms with Gasteiger partial charge in [-0.15, -0.1) is 0 Å². The number of benzene rings is 1. The van der Waals surface area contributed by atoms with E-state index >= 15 is 0 Å². The van der Waals surface area contributed by atoms with Gasteiger partial charge in [-0.1, -0.05) is 32.0 Å². The van der Waals surface area contributed by atoms with Crippen LogP contribution >= 0.6 is 0 Å². The molecular weight excluding hydrogens is 240 g/mol. The number of urea groups is 1. The Hall–Kier alpha value is -2.30. The third-order valence-corrected chi connectivity index (χ3v) is 2.89. The Labute approximate surface area is 112 Å². The van der Waals surface area contributed by atoms with Crippen LogP contribution in [0.2, 0.25) is 0 Å². The highest BCUT2D eigenvalue weighted by atomic mass is 16.2. The van der Waals surface area contributed by atoms with Crippen LogP contribution in [0.15, 0.2) is 36.5 Å². The van der Waals surface area contributed by atoms with Crippen molar-refractivity contribution < 1.29 is 4.79 Å². The molecule has 0 aliphatic heterocycles. The Balaban J connectivity index is 2.09. The van der Waals surface area contributed by atoms with E-state index in [1.165, 1.54) is 0 Å². The molecule has 1 aromatic carbocycles. The van der Waals surface area contributed by atoms with E-state index in [0.717, 1.165) is 11.3 Å². The number of aromatic nitrogens is 2. The molecule has 0 bridgehead atoms. The molecular formula is C14H18N4O. The molecule has 2 rings (SSSR count). The largest absolute Gasteiger partial charge is 0.324 e. The van der Waals surface area contributed by atoms with Crippen LogP contribution in [0.5, 0.6) is 0 Å². The number of carbonyl (C=O) groups is 1. The molecule has 19 heavy (non-hydrogen) atoms. The average molecular weight is 258 g/mol. The lowest BCUT2D eigenvalue weighted by Gasteiger charge is -2.14. The Morgan fingerprint density at radius 3 is 2.58 bits per heavy atom. The Morgan fingerprint density at radius 1 is 1.21 bits per heavy atom. The van der Waals surface area contributed by atoms with Crippen LogP contribution in [0.4, 0.5) is 16.3 Å². The van der Waals surface area contributed by atoms with E-state index < -0.39 is 0 Å². The zero-order valence-electron chi connectivity index (χ0n) is 11.3. The fourth-order valence-electron chi connectivity index (χ4n) is 1.88. The van der Waals surface area contributed by atoms with Gasteiger partial charge < -0.3 is 5.32 Å². The van der Waals surface area contributed by atoms with E-state index in [2.05, 4.69) is 29.6 Å². The van der Waals surface area contributed by atoms with Gasteiger partial charge in [0.2, 0.25) is 0 Å². The summed E-state index contributed by atoms with van der Waals surface area (Å²) in [6.45, 7) is 4.19. The molecule has 0 saturated heterocycles. The number of nitrogens with one attached hydrogen (secondary N) is 2. The first kappa shape index (κ1) is 13.1. The maximum atomic E-state index is 11.9. The van der Waals surface area contributed by atoms with Gasteiger partial charge in [-0.05, 0) is 17.5 Å². The molecule has 1 aromatic heterocycles. The van der Waals surface area contributed by atoms with Gasteiger partial charge in [0.1, 0.15) is 5.82 Å². The quantitative estimate of drug-likeness (QED) is 0.888. The van der Waals surface area contributed by atoms with Gasteiger partial charge in [0, 0.05) is 18.8 Å². The van der Waals surface area contributed by atoms with Crippen molar-refractivity contribution in [2.45, 2.75) is 19.8 Å². The van der Waals surface area contributed by atoms with E-state index in [4.69, 9.17) is 0 Å². The van der Waals surface area contributed by atoms with E-state index in [1.807, 2.05) is 24.3 Å². The lowest BCUT2D eigenvalue weighted by atomic mass is 10.0. The molecule has 0 radical (unpaired) electrons. The lowest BCUT2D eigenvalue weighted by Crippen LogP contribution is -2.21. The topological polar surface area (TPSA) is 59.0 Å². The van der Waals surface area contributed by atoms with Crippen molar-refractivity contribution in [3.05, 3.63) is 42.1 Å². The molecule has 0 aliphatic carbocycles. The molecule has 0 saturated carbocycles. The maximum Gasteiger partial charge on any atom is 0.324 e. The zero-order chi connectivity index (χ0) is 13.8. The SMILES string of the molecule is CC(C)c1ccccc1NC(=O)Nc1ccnn1C. The minimum absolute atomic E-state index is 0.267. The Bertz CT molecular complexity index is 574. The minimum atomic E-state index is -0.267. The first-order valence-electron chi connectivity index (χ1n) is 6.23. The van der Waals surface area contributed by atoms with Gasteiger partial charge >= 0.3 is 6.03 Å². The van der Waals surface area contributed by atoms with Crippen molar-refractivity contribution in [1.29, 1.82) is 0 Å². The first-order valence-corrected chi connectivity index (χ1v) is 6.23. The third kappa shape index (κ3) is 3.13. The van der Waals surface area contributed by atoms with Crippen molar-refractivity contribution in [2.24, 2.45) is 7.05 Å². The lowest BCUT2D eigenvalue weighted by molar-refractivity contribution is 0.262. The number of anilines is 2. The molecule has 0 aliphatic rings. The van der Waals surface area contributed by atoms with Crippen molar-refractivity contribution >= 4 is 17.5 Å². The molecule has 5 nitrogen and oxygen atoms in total. The molecule has 100 valence electrons. The zero-order valence-corrected chi connectivity index (χ0v) is 11.3.